The van der Waals surface area contributed by atoms with E-state index in [9.17, 15) is 9.18 Å². The lowest BCUT2D eigenvalue weighted by Crippen LogP contribution is -3.15. The second kappa shape index (κ2) is 5.93. The Labute approximate surface area is 106 Å². The van der Waals surface area contributed by atoms with Crippen LogP contribution < -0.4 is 4.90 Å². The zero-order chi connectivity index (χ0) is 13.0. The third-order valence-corrected chi connectivity index (χ3v) is 3.31. The molecule has 1 saturated heterocycles. The molecule has 98 valence electrons. The second-order valence-corrected chi connectivity index (χ2v) is 4.52. The van der Waals surface area contributed by atoms with Crippen molar-refractivity contribution in [3.8, 4) is 0 Å². The Hall–Kier alpha value is -1.46. The quantitative estimate of drug-likeness (QED) is 0.738. The largest absolute Gasteiger partial charge is 0.391 e. The van der Waals surface area contributed by atoms with Gasteiger partial charge in [-0.05, 0) is 24.3 Å². The van der Waals surface area contributed by atoms with E-state index in [4.69, 9.17) is 5.11 Å². The molecule has 0 aromatic heterocycles. The summed E-state index contributed by atoms with van der Waals surface area (Å²) in [5, 5.41) is 8.86. The van der Waals surface area contributed by atoms with Crippen molar-refractivity contribution in [3.63, 3.8) is 0 Å². The minimum absolute atomic E-state index is 0.0435. The first-order chi connectivity index (χ1) is 8.70. The van der Waals surface area contributed by atoms with Gasteiger partial charge in [0.25, 0.3) is 5.91 Å². The van der Waals surface area contributed by atoms with Crippen molar-refractivity contribution in [2.24, 2.45) is 0 Å². The number of carbonyl (C=O) groups is 1. The number of aliphatic hydroxyl groups is 1. The van der Waals surface area contributed by atoms with Crippen LogP contribution in [0, 0.1) is 5.82 Å². The molecular weight excluding hydrogens is 235 g/mol. The fraction of sp³-hybridized carbons (Fsp3) is 0.462. The summed E-state index contributed by atoms with van der Waals surface area (Å²) in [5.74, 6) is -0.373. The van der Waals surface area contributed by atoms with E-state index in [1.165, 1.54) is 29.2 Å². The summed E-state index contributed by atoms with van der Waals surface area (Å²) in [7, 11) is 0. The van der Waals surface area contributed by atoms with Crippen molar-refractivity contribution in [2.45, 2.75) is 0 Å². The smallest absolute Gasteiger partial charge is 0.254 e. The third-order valence-electron chi connectivity index (χ3n) is 3.31. The van der Waals surface area contributed by atoms with Gasteiger partial charge in [0.2, 0.25) is 0 Å². The Kier molecular flexibility index (Phi) is 4.28. The first-order valence-electron chi connectivity index (χ1n) is 6.20. The predicted molar refractivity (Wildman–Crippen MR) is 65.0 cm³/mol. The van der Waals surface area contributed by atoms with E-state index in [0.717, 1.165) is 19.6 Å². The number of benzene rings is 1. The highest BCUT2D eigenvalue weighted by Gasteiger charge is 2.23. The van der Waals surface area contributed by atoms with Crippen molar-refractivity contribution < 1.29 is 19.2 Å². The van der Waals surface area contributed by atoms with Gasteiger partial charge in [-0.25, -0.2) is 4.39 Å². The highest BCUT2D eigenvalue weighted by molar-refractivity contribution is 5.94. The monoisotopic (exact) mass is 253 g/mol. The second-order valence-electron chi connectivity index (χ2n) is 4.52. The molecule has 2 N–H and O–H groups in total. The van der Waals surface area contributed by atoms with Gasteiger partial charge in [0.1, 0.15) is 12.4 Å². The van der Waals surface area contributed by atoms with Crippen LogP contribution in [0.4, 0.5) is 4.39 Å². The molecule has 0 spiro atoms. The Morgan fingerprint density at radius 3 is 2.44 bits per heavy atom. The summed E-state index contributed by atoms with van der Waals surface area (Å²) in [6.45, 7) is 4.00. The molecule has 18 heavy (non-hydrogen) atoms. The summed E-state index contributed by atoms with van der Waals surface area (Å²) < 4.78 is 12.8. The van der Waals surface area contributed by atoms with E-state index >= 15 is 0 Å². The van der Waals surface area contributed by atoms with Gasteiger partial charge in [-0.1, -0.05) is 0 Å². The van der Waals surface area contributed by atoms with Crippen LogP contribution in [0.25, 0.3) is 0 Å². The van der Waals surface area contributed by atoms with Crippen molar-refractivity contribution in [2.75, 3.05) is 39.3 Å². The molecule has 1 aliphatic heterocycles. The summed E-state index contributed by atoms with van der Waals surface area (Å²) in [6.07, 6.45) is 0. The Bertz CT molecular complexity index is 400. The van der Waals surface area contributed by atoms with Gasteiger partial charge in [-0.15, -0.1) is 0 Å². The fourth-order valence-electron chi connectivity index (χ4n) is 2.21. The minimum atomic E-state index is -0.330. The zero-order valence-corrected chi connectivity index (χ0v) is 10.2. The Morgan fingerprint density at radius 2 is 1.89 bits per heavy atom. The molecule has 0 saturated carbocycles. The number of carbonyl (C=O) groups excluding carboxylic acids is 1. The van der Waals surface area contributed by atoms with Gasteiger partial charge in [-0.3, -0.25) is 4.79 Å². The van der Waals surface area contributed by atoms with Gasteiger partial charge in [0.05, 0.1) is 32.8 Å². The number of quaternary nitrogens is 1. The summed E-state index contributed by atoms with van der Waals surface area (Å²) in [4.78, 5) is 15.2. The topological polar surface area (TPSA) is 45.0 Å². The molecule has 5 heteroatoms. The summed E-state index contributed by atoms with van der Waals surface area (Å²) >= 11 is 0. The molecule has 1 aromatic rings. The molecule has 0 unspecified atom stereocenters. The Morgan fingerprint density at radius 1 is 1.28 bits per heavy atom. The van der Waals surface area contributed by atoms with E-state index in [1.807, 2.05) is 0 Å². The zero-order valence-electron chi connectivity index (χ0n) is 10.2. The SMILES string of the molecule is O=C(c1ccc(F)cc1)N1CC[NH+](CCO)CC1. The number of rotatable bonds is 3. The number of halogens is 1. The van der Waals surface area contributed by atoms with E-state index in [-0.39, 0.29) is 18.3 Å². The molecule has 0 radical (unpaired) electrons. The molecule has 0 atom stereocenters. The molecular formula is C13H18FN2O2+. The van der Waals surface area contributed by atoms with Crippen LogP contribution in [0.15, 0.2) is 24.3 Å². The van der Waals surface area contributed by atoms with Crippen molar-refractivity contribution in [1.82, 2.24) is 4.90 Å². The van der Waals surface area contributed by atoms with E-state index < -0.39 is 0 Å². The molecule has 0 bridgehead atoms. The number of amides is 1. The molecule has 1 heterocycles. The van der Waals surface area contributed by atoms with Crippen molar-refractivity contribution >= 4 is 5.91 Å². The van der Waals surface area contributed by atoms with Crippen LogP contribution in [0.5, 0.6) is 0 Å². The lowest BCUT2D eigenvalue weighted by Gasteiger charge is -2.31. The van der Waals surface area contributed by atoms with Crippen LogP contribution in [-0.2, 0) is 0 Å². The number of aliphatic hydroxyl groups excluding tert-OH is 1. The Balaban J connectivity index is 1.93. The van der Waals surface area contributed by atoms with Gasteiger partial charge >= 0.3 is 0 Å². The average Bonchev–Trinajstić information content (AvgIpc) is 2.40. The van der Waals surface area contributed by atoms with E-state index in [1.54, 1.807) is 4.90 Å². The number of nitrogens with zero attached hydrogens (tertiary/aromatic N) is 1. The third kappa shape index (κ3) is 3.05. The van der Waals surface area contributed by atoms with Crippen LogP contribution in [0.2, 0.25) is 0 Å². The lowest BCUT2D eigenvalue weighted by molar-refractivity contribution is -0.904. The minimum Gasteiger partial charge on any atom is -0.391 e. The summed E-state index contributed by atoms with van der Waals surface area (Å²) in [6, 6.07) is 5.65. The first-order valence-corrected chi connectivity index (χ1v) is 6.20. The standard InChI is InChI=1S/C13H17FN2O2/c14-12-3-1-11(2-4-12)13(18)16-7-5-15(6-8-16)9-10-17/h1-4,17H,5-10H2/p+1. The average molecular weight is 253 g/mol. The first kappa shape index (κ1) is 13.0. The number of nitrogens with one attached hydrogen (secondary N) is 1. The van der Waals surface area contributed by atoms with Gasteiger partial charge in [0, 0.05) is 5.56 Å². The lowest BCUT2D eigenvalue weighted by atomic mass is 10.2. The molecule has 0 aliphatic carbocycles. The number of hydrogen-bond donors (Lipinski definition) is 2. The molecule has 1 aromatic carbocycles. The van der Waals surface area contributed by atoms with Crippen LogP contribution >= 0.6 is 0 Å². The molecule has 4 nitrogen and oxygen atoms in total. The predicted octanol–water partition coefficient (Wildman–Crippen LogP) is -0.841. The van der Waals surface area contributed by atoms with Crippen LogP contribution in [0.3, 0.4) is 0 Å². The van der Waals surface area contributed by atoms with E-state index in [2.05, 4.69) is 0 Å². The van der Waals surface area contributed by atoms with E-state index in [0.29, 0.717) is 18.7 Å². The maximum absolute atomic E-state index is 12.8. The maximum Gasteiger partial charge on any atom is 0.254 e. The fourth-order valence-corrected chi connectivity index (χ4v) is 2.21. The maximum atomic E-state index is 12.8. The molecule has 1 amide bonds. The molecule has 2 rings (SSSR count). The van der Waals surface area contributed by atoms with Gasteiger partial charge < -0.3 is 14.9 Å². The highest BCUT2D eigenvalue weighted by Crippen LogP contribution is 2.06. The van der Waals surface area contributed by atoms with Crippen LogP contribution in [0.1, 0.15) is 10.4 Å². The number of piperazine rings is 1. The molecule has 1 fully saturated rings. The van der Waals surface area contributed by atoms with Crippen LogP contribution in [-0.4, -0.2) is 55.2 Å². The highest BCUT2D eigenvalue weighted by atomic mass is 19.1. The number of hydrogen-bond acceptors (Lipinski definition) is 2. The van der Waals surface area contributed by atoms with Gasteiger partial charge in [-0.2, -0.15) is 0 Å². The van der Waals surface area contributed by atoms with Crippen molar-refractivity contribution in [3.05, 3.63) is 35.6 Å². The normalized spacial score (nSPS) is 16.9. The van der Waals surface area contributed by atoms with Crippen molar-refractivity contribution in [1.29, 1.82) is 0 Å². The molecule has 1 aliphatic rings. The van der Waals surface area contributed by atoms with Gasteiger partial charge in [0.15, 0.2) is 0 Å². The summed E-state index contributed by atoms with van der Waals surface area (Å²) in [5.41, 5.74) is 0.530.